The van der Waals surface area contributed by atoms with E-state index in [1.165, 1.54) is 61.3 Å². The molecule has 7 nitrogen and oxygen atoms in total. The summed E-state index contributed by atoms with van der Waals surface area (Å²) in [7, 11) is -3.00. The summed E-state index contributed by atoms with van der Waals surface area (Å²) >= 11 is 1.45. The molecule has 1 N–H and O–H groups in total. The number of nitrogens with zero attached hydrogens (tertiary/aromatic N) is 1. The standard InChI is InChI=1S/C23H21FN2O5S2/c1-31-23(28)20-8-3-4-9-21(20)25-22(27)15-26(17-7-5-6-16(24)14-17)33(29,30)19-12-10-18(32-2)11-13-19/h3-14H,15H2,1-2H3,(H,25,27). The van der Waals surface area contributed by atoms with E-state index in [-0.39, 0.29) is 21.8 Å². The molecule has 0 fully saturated rings. The molecule has 0 heterocycles. The van der Waals surface area contributed by atoms with Crippen LogP contribution in [0.3, 0.4) is 0 Å². The van der Waals surface area contributed by atoms with Crippen LogP contribution in [0.25, 0.3) is 0 Å². The van der Waals surface area contributed by atoms with Crippen LogP contribution in [0, 0.1) is 5.82 Å². The van der Waals surface area contributed by atoms with Gasteiger partial charge in [-0.2, -0.15) is 0 Å². The highest BCUT2D eigenvalue weighted by atomic mass is 32.2. The predicted molar refractivity (Wildman–Crippen MR) is 126 cm³/mol. The number of amides is 1. The van der Waals surface area contributed by atoms with Gasteiger partial charge in [0.2, 0.25) is 5.91 Å². The Labute approximate surface area is 195 Å². The molecule has 0 atom stereocenters. The Morgan fingerprint density at radius 2 is 1.73 bits per heavy atom. The summed E-state index contributed by atoms with van der Waals surface area (Å²) in [5, 5.41) is 2.54. The van der Waals surface area contributed by atoms with Crippen LogP contribution in [0.15, 0.2) is 82.6 Å². The Kier molecular flexibility index (Phi) is 7.72. The first-order valence-corrected chi connectivity index (χ1v) is 12.3. The minimum absolute atomic E-state index is 0.0136. The van der Waals surface area contributed by atoms with Crippen molar-refractivity contribution in [3.8, 4) is 0 Å². The molecule has 0 aliphatic heterocycles. The van der Waals surface area contributed by atoms with Crippen molar-refractivity contribution in [3.05, 3.63) is 84.2 Å². The smallest absolute Gasteiger partial charge is 0.339 e. The van der Waals surface area contributed by atoms with Crippen LogP contribution in [-0.2, 0) is 19.6 Å². The summed E-state index contributed by atoms with van der Waals surface area (Å²) in [6.07, 6.45) is 1.86. The third kappa shape index (κ3) is 5.71. The van der Waals surface area contributed by atoms with Crippen LogP contribution in [0.4, 0.5) is 15.8 Å². The Hall–Kier alpha value is -3.37. The van der Waals surface area contributed by atoms with Crippen LogP contribution >= 0.6 is 11.8 Å². The molecule has 0 spiro atoms. The molecular weight excluding hydrogens is 467 g/mol. The largest absolute Gasteiger partial charge is 0.465 e. The predicted octanol–water partition coefficient (Wildman–Crippen LogP) is 4.17. The highest BCUT2D eigenvalue weighted by molar-refractivity contribution is 7.98. The number of ether oxygens (including phenoxy) is 1. The molecule has 172 valence electrons. The lowest BCUT2D eigenvalue weighted by Gasteiger charge is -2.24. The van der Waals surface area contributed by atoms with E-state index < -0.39 is 34.3 Å². The Balaban J connectivity index is 1.96. The molecule has 3 aromatic rings. The van der Waals surface area contributed by atoms with E-state index in [0.29, 0.717) is 0 Å². The fraction of sp³-hybridized carbons (Fsp3) is 0.130. The molecule has 3 aromatic carbocycles. The fourth-order valence-electron chi connectivity index (χ4n) is 3.02. The number of nitrogens with one attached hydrogen (secondary N) is 1. The molecule has 0 aliphatic carbocycles. The van der Waals surface area contributed by atoms with Crippen molar-refractivity contribution in [1.29, 1.82) is 0 Å². The lowest BCUT2D eigenvalue weighted by Crippen LogP contribution is -2.38. The quantitative estimate of drug-likeness (QED) is 0.378. The van der Waals surface area contributed by atoms with E-state index in [0.717, 1.165) is 15.3 Å². The van der Waals surface area contributed by atoms with Crippen LogP contribution in [-0.4, -0.2) is 40.2 Å². The van der Waals surface area contributed by atoms with Crippen molar-refractivity contribution in [1.82, 2.24) is 0 Å². The first kappa shape index (κ1) is 24.3. The van der Waals surface area contributed by atoms with Gasteiger partial charge in [0.1, 0.15) is 12.4 Å². The summed E-state index contributed by atoms with van der Waals surface area (Å²) in [6, 6.07) is 17.3. The van der Waals surface area contributed by atoms with E-state index in [1.54, 1.807) is 24.3 Å². The molecule has 0 aliphatic rings. The third-order valence-electron chi connectivity index (χ3n) is 4.64. The van der Waals surface area contributed by atoms with E-state index in [1.807, 2.05) is 6.26 Å². The van der Waals surface area contributed by atoms with Crippen LogP contribution in [0.2, 0.25) is 0 Å². The maximum Gasteiger partial charge on any atom is 0.339 e. The summed E-state index contributed by atoms with van der Waals surface area (Å²) in [6.45, 7) is -0.647. The first-order chi connectivity index (χ1) is 15.8. The Bertz CT molecular complexity index is 1260. The van der Waals surface area contributed by atoms with Crippen LogP contribution in [0.5, 0.6) is 0 Å². The summed E-state index contributed by atoms with van der Waals surface area (Å²) in [4.78, 5) is 25.6. The molecule has 3 rings (SSSR count). The fourth-order valence-corrected chi connectivity index (χ4v) is 4.84. The van der Waals surface area contributed by atoms with Gasteiger partial charge in [0, 0.05) is 4.90 Å². The van der Waals surface area contributed by atoms with Crippen molar-refractivity contribution in [2.75, 3.05) is 29.5 Å². The number of esters is 1. The number of methoxy groups -OCH3 is 1. The van der Waals surface area contributed by atoms with Crippen molar-refractivity contribution >= 4 is 45.0 Å². The van der Waals surface area contributed by atoms with E-state index in [4.69, 9.17) is 4.74 Å². The van der Waals surface area contributed by atoms with Gasteiger partial charge in [-0.3, -0.25) is 9.10 Å². The van der Waals surface area contributed by atoms with E-state index in [2.05, 4.69) is 5.32 Å². The van der Waals surface area contributed by atoms with Crippen molar-refractivity contribution < 1.29 is 27.1 Å². The van der Waals surface area contributed by atoms with E-state index >= 15 is 0 Å². The first-order valence-electron chi connectivity index (χ1n) is 9.66. The molecule has 10 heteroatoms. The van der Waals surface area contributed by atoms with Gasteiger partial charge in [0.25, 0.3) is 10.0 Å². The summed E-state index contributed by atoms with van der Waals surface area (Å²) in [5.41, 5.74) is 0.261. The maximum atomic E-state index is 13.9. The van der Waals surface area contributed by atoms with Gasteiger partial charge in [-0.25, -0.2) is 17.6 Å². The number of thioether (sulfide) groups is 1. The van der Waals surface area contributed by atoms with Gasteiger partial charge in [0.15, 0.2) is 0 Å². The van der Waals surface area contributed by atoms with Crippen LogP contribution < -0.4 is 9.62 Å². The number of carbonyl (C=O) groups is 2. The van der Waals surface area contributed by atoms with E-state index in [9.17, 15) is 22.4 Å². The van der Waals surface area contributed by atoms with Gasteiger partial charge in [-0.15, -0.1) is 11.8 Å². The average molecular weight is 489 g/mol. The molecular formula is C23H21FN2O5S2. The highest BCUT2D eigenvalue weighted by Gasteiger charge is 2.28. The number of benzene rings is 3. The minimum Gasteiger partial charge on any atom is -0.465 e. The minimum atomic E-state index is -4.21. The molecule has 33 heavy (non-hydrogen) atoms. The second kappa shape index (κ2) is 10.5. The maximum absolute atomic E-state index is 13.9. The van der Waals surface area contributed by atoms with Gasteiger partial charge in [0.05, 0.1) is 28.9 Å². The monoisotopic (exact) mass is 488 g/mol. The highest BCUT2D eigenvalue weighted by Crippen LogP contribution is 2.26. The number of hydrogen-bond acceptors (Lipinski definition) is 6. The second-order valence-corrected chi connectivity index (χ2v) is 9.49. The third-order valence-corrected chi connectivity index (χ3v) is 7.17. The molecule has 0 saturated carbocycles. The number of para-hydroxylation sites is 1. The second-order valence-electron chi connectivity index (χ2n) is 6.75. The average Bonchev–Trinajstić information content (AvgIpc) is 2.82. The molecule has 0 unspecified atom stereocenters. The topological polar surface area (TPSA) is 92.8 Å². The molecule has 0 bridgehead atoms. The normalized spacial score (nSPS) is 11.0. The number of sulfonamides is 1. The lowest BCUT2D eigenvalue weighted by molar-refractivity contribution is -0.114. The van der Waals surface area contributed by atoms with Gasteiger partial charge in [-0.05, 0) is 60.9 Å². The zero-order chi connectivity index (χ0) is 24.0. The van der Waals surface area contributed by atoms with Crippen molar-refractivity contribution in [2.45, 2.75) is 9.79 Å². The molecule has 1 amide bonds. The molecule has 0 saturated heterocycles. The zero-order valence-electron chi connectivity index (χ0n) is 17.8. The Morgan fingerprint density at radius 1 is 1.03 bits per heavy atom. The number of halogens is 1. The lowest BCUT2D eigenvalue weighted by atomic mass is 10.2. The summed E-state index contributed by atoms with van der Waals surface area (Å²) in [5.74, 6) is -2.03. The number of anilines is 2. The Morgan fingerprint density at radius 3 is 2.36 bits per heavy atom. The van der Waals surface area contributed by atoms with Crippen molar-refractivity contribution in [2.24, 2.45) is 0 Å². The summed E-state index contributed by atoms with van der Waals surface area (Å²) < 4.78 is 46.2. The van der Waals surface area contributed by atoms with Crippen LogP contribution in [0.1, 0.15) is 10.4 Å². The SMILES string of the molecule is COC(=O)c1ccccc1NC(=O)CN(c1cccc(F)c1)S(=O)(=O)c1ccc(SC)cc1. The van der Waals surface area contributed by atoms with Gasteiger partial charge in [-0.1, -0.05) is 18.2 Å². The van der Waals surface area contributed by atoms with Gasteiger partial charge < -0.3 is 10.1 Å². The molecule has 0 radical (unpaired) electrons. The number of rotatable bonds is 8. The number of hydrogen-bond donors (Lipinski definition) is 1. The zero-order valence-corrected chi connectivity index (χ0v) is 19.5. The molecule has 0 aromatic heterocycles. The van der Waals surface area contributed by atoms with Crippen molar-refractivity contribution in [3.63, 3.8) is 0 Å². The van der Waals surface area contributed by atoms with Gasteiger partial charge >= 0.3 is 5.97 Å². The number of carbonyl (C=O) groups excluding carboxylic acids is 2.